The van der Waals surface area contributed by atoms with E-state index in [0.29, 0.717) is 13.1 Å². The lowest BCUT2D eigenvalue weighted by atomic mass is 10.3. The molecule has 3 aromatic rings. The van der Waals surface area contributed by atoms with Crippen molar-refractivity contribution in [1.29, 1.82) is 0 Å². The Morgan fingerprint density at radius 1 is 1.30 bits per heavy atom. The van der Waals surface area contributed by atoms with Crippen molar-refractivity contribution in [2.45, 2.75) is 20.0 Å². The fraction of sp³-hybridized carbons (Fsp3) is 0.231. The van der Waals surface area contributed by atoms with Crippen molar-refractivity contribution < 1.29 is 4.92 Å². The second kappa shape index (κ2) is 4.76. The molecule has 0 spiro atoms. The Labute approximate surface area is 114 Å². The maximum absolute atomic E-state index is 10.6. The average molecular weight is 271 g/mol. The predicted octanol–water partition coefficient (Wildman–Crippen LogP) is 2.15. The van der Waals surface area contributed by atoms with Gasteiger partial charge in [0.2, 0.25) is 0 Å². The van der Waals surface area contributed by atoms with Crippen molar-refractivity contribution in [2.24, 2.45) is 0 Å². The standard InChI is InChI=1S/C13H13N5O2/c1-10-15-12-4-2-3-5-13(12)17(10)7-6-16-9-11(8-14-16)18(19)20/h2-5,8-9H,6-7H2,1H3. The van der Waals surface area contributed by atoms with Gasteiger partial charge in [0.1, 0.15) is 18.2 Å². The van der Waals surface area contributed by atoms with Crippen LogP contribution in [0.2, 0.25) is 0 Å². The Balaban J connectivity index is 1.82. The molecule has 0 unspecified atom stereocenters. The van der Waals surface area contributed by atoms with Crippen LogP contribution >= 0.6 is 0 Å². The van der Waals surface area contributed by atoms with Crippen LogP contribution < -0.4 is 0 Å². The van der Waals surface area contributed by atoms with Crippen molar-refractivity contribution in [3.8, 4) is 0 Å². The zero-order valence-corrected chi connectivity index (χ0v) is 10.9. The van der Waals surface area contributed by atoms with E-state index in [4.69, 9.17) is 0 Å². The molecule has 1 aromatic carbocycles. The van der Waals surface area contributed by atoms with Crippen molar-refractivity contribution in [2.75, 3.05) is 0 Å². The molecule has 0 aliphatic heterocycles. The molecule has 20 heavy (non-hydrogen) atoms. The molecule has 102 valence electrons. The summed E-state index contributed by atoms with van der Waals surface area (Å²) in [5.41, 5.74) is 2.03. The quantitative estimate of drug-likeness (QED) is 0.538. The van der Waals surface area contributed by atoms with Gasteiger partial charge in [-0.1, -0.05) is 12.1 Å². The lowest BCUT2D eigenvalue weighted by Gasteiger charge is -2.06. The van der Waals surface area contributed by atoms with E-state index in [9.17, 15) is 10.1 Å². The van der Waals surface area contributed by atoms with E-state index in [-0.39, 0.29) is 5.69 Å². The van der Waals surface area contributed by atoms with Gasteiger partial charge in [0, 0.05) is 6.54 Å². The molecule has 7 heteroatoms. The Morgan fingerprint density at radius 3 is 2.85 bits per heavy atom. The highest BCUT2D eigenvalue weighted by Crippen LogP contribution is 2.15. The molecule has 0 fully saturated rings. The zero-order valence-electron chi connectivity index (χ0n) is 10.9. The highest BCUT2D eigenvalue weighted by atomic mass is 16.6. The van der Waals surface area contributed by atoms with Crippen molar-refractivity contribution in [3.05, 3.63) is 52.6 Å². The minimum Gasteiger partial charge on any atom is -0.326 e. The van der Waals surface area contributed by atoms with Crippen LogP contribution in [0, 0.1) is 17.0 Å². The molecule has 0 amide bonds. The number of fused-ring (bicyclic) bond motifs is 1. The molecule has 0 saturated heterocycles. The minimum atomic E-state index is -0.443. The van der Waals surface area contributed by atoms with Crippen LogP contribution in [-0.2, 0) is 13.1 Å². The third-order valence-electron chi connectivity index (χ3n) is 3.23. The Kier molecular flexibility index (Phi) is 2.94. The van der Waals surface area contributed by atoms with Gasteiger partial charge in [-0.15, -0.1) is 0 Å². The summed E-state index contributed by atoms with van der Waals surface area (Å²) in [6, 6.07) is 7.91. The van der Waals surface area contributed by atoms with Crippen LogP contribution in [-0.4, -0.2) is 24.3 Å². The van der Waals surface area contributed by atoms with Crippen molar-refractivity contribution >= 4 is 16.7 Å². The van der Waals surface area contributed by atoms with E-state index >= 15 is 0 Å². The first-order chi connectivity index (χ1) is 9.65. The molecule has 0 radical (unpaired) electrons. The molecule has 0 atom stereocenters. The van der Waals surface area contributed by atoms with Crippen LogP contribution in [0.5, 0.6) is 0 Å². The molecule has 2 aromatic heterocycles. The number of nitrogens with zero attached hydrogens (tertiary/aromatic N) is 5. The van der Waals surface area contributed by atoms with E-state index < -0.39 is 4.92 Å². The third-order valence-corrected chi connectivity index (χ3v) is 3.23. The average Bonchev–Trinajstić information content (AvgIpc) is 3.00. The van der Waals surface area contributed by atoms with Crippen LogP contribution in [0.3, 0.4) is 0 Å². The normalized spacial score (nSPS) is 11.1. The SMILES string of the molecule is Cc1nc2ccccc2n1CCn1cc([N+](=O)[O-])cn1. The maximum Gasteiger partial charge on any atom is 0.306 e. The highest BCUT2D eigenvalue weighted by Gasteiger charge is 2.10. The zero-order chi connectivity index (χ0) is 14.1. The number of aryl methyl sites for hydroxylation is 3. The molecular formula is C13H13N5O2. The highest BCUT2D eigenvalue weighted by molar-refractivity contribution is 5.75. The summed E-state index contributed by atoms with van der Waals surface area (Å²) in [4.78, 5) is 14.7. The fourth-order valence-electron chi connectivity index (χ4n) is 2.25. The molecule has 2 heterocycles. The van der Waals surface area contributed by atoms with Gasteiger partial charge in [0.05, 0.1) is 22.5 Å². The molecule has 0 saturated carbocycles. The Bertz CT molecular complexity index is 774. The topological polar surface area (TPSA) is 78.8 Å². The monoisotopic (exact) mass is 271 g/mol. The van der Waals surface area contributed by atoms with E-state index in [1.807, 2.05) is 31.2 Å². The molecule has 3 rings (SSSR count). The van der Waals surface area contributed by atoms with Crippen LogP contribution in [0.1, 0.15) is 5.82 Å². The van der Waals surface area contributed by atoms with Gasteiger partial charge in [-0.2, -0.15) is 5.10 Å². The maximum atomic E-state index is 10.6. The molecule has 0 aliphatic rings. The first-order valence-electron chi connectivity index (χ1n) is 6.24. The van der Waals surface area contributed by atoms with Gasteiger partial charge in [-0.25, -0.2) is 4.98 Å². The van der Waals surface area contributed by atoms with E-state index in [2.05, 4.69) is 14.6 Å². The van der Waals surface area contributed by atoms with Crippen molar-refractivity contribution in [1.82, 2.24) is 19.3 Å². The number of aromatic nitrogens is 4. The predicted molar refractivity (Wildman–Crippen MR) is 73.4 cm³/mol. The summed E-state index contributed by atoms with van der Waals surface area (Å²) in [7, 11) is 0. The van der Waals surface area contributed by atoms with Gasteiger partial charge in [0.25, 0.3) is 0 Å². The molecule has 7 nitrogen and oxygen atoms in total. The summed E-state index contributed by atoms with van der Waals surface area (Å²) in [5, 5.41) is 14.6. The Hall–Kier alpha value is -2.70. The largest absolute Gasteiger partial charge is 0.326 e. The Morgan fingerprint density at radius 2 is 2.10 bits per heavy atom. The van der Waals surface area contributed by atoms with Crippen LogP contribution in [0.4, 0.5) is 5.69 Å². The van der Waals surface area contributed by atoms with E-state index in [1.54, 1.807) is 4.68 Å². The minimum absolute atomic E-state index is 0.0113. The van der Waals surface area contributed by atoms with Gasteiger partial charge in [-0.3, -0.25) is 14.8 Å². The number of para-hydroxylation sites is 2. The number of imidazole rings is 1. The second-order valence-corrected chi connectivity index (χ2v) is 4.52. The van der Waals surface area contributed by atoms with Gasteiger partial charge < -0.3 is 4.57 Å². The molecular weight excluding hydrogens is 258 g/mol. The van der Waals surface area contributed by atoms with E-state index in [1.165, 1.54) is 12.4 Å². The van der Waals surface area contributed by atoms with Gasteiger partial charge in [-0.05, 0) is 19.1 Å². The summed E-state index contributed by atoms with van der Waals surface area (Å²) < 4.78 is 3.66. The number of benzene rings is 1. The fourth-order valence-corrected chi connectivity index (χ4v) is 2.25. The second-order valence-electron chi connectivity index (χ2n) is 4.52. The molecule has 0 bridgehead atoms. The lowest BCUT2D eigenvalue weighted by Crippen LogP contribution is -2.09. The molecule has 0 N–H and O–H groups in total. The number of nitro groups is 1. The van der Waals surface area contributed by atoms with Crippen molar-refractivity contribution in [3.63, 3.8) is 0 Å². The van der Waals surface area contributed by atoms with Crippen LogP contribution in [0.25, 0.3) is 11.0 Å². The summed E-state index contributed by atoms with van der Waals surface area (Å²) in [5.74, 6) is 0.924. The summed E-state index contributed by atoms with van der Waals surface area (Å²) >= 11 is 0. The van der Waals surface area contributed by atoms with Gasteiger partial charge >= 0.3 is 5.69 Å². The smallest absolute Gasteiger partial charge is 0.306 e. The summed E-state index contributed by atoms with van der Waals surface area (Å²) in [6.45, 7) is 3.19. The van der Waals surface area contributed by atoms with Gasteiger partial charge in [0.15, 0.2) is 0 Å². The summed E-state index contributed by atoms with van der Waals surface area (Å²) in [6.07, 6.45) is 2.70. The number of hydrogen-bond donors (Lipinski definition) is 0. The third kappa shape index (κ3) is 2.13. The first-order valence-corrected chi connectivity index (χ1v) is 6.24. The number of hydrogen-bond acceptors (Lipinski definition) is 4. The van der Waals surface area contributed by atoms with Crippen LogP contribution in [0.15, 0.2) is 36.7 Å². The lowest BCUT2D eigenvalue weighted by molar-refractivity contribution is -0.385. The first kappa shape index (κ1) is 12.3. The number of rotatable bonds is 4. The molecule has 0 aliphatic carbocycles. The van der Waals surface area contributed by atoms with E-state index in [0.717, 1.165) is 16.9 Å².